The second-order valence-corrected chi connectivity index (χ2v) is 9.35. The molecular formula is C19H30FNO5S2. The molecule has 0 spiro atoms. The van der Waals surface area contributed by atoms with Crippen molar-refractivity contribution >= 4 is 27.8 Å². The summed E-state index contributed by atoms with van der Waals surface area (Å²) in [6.45, 7) is 2.50. The number of alkyl halides is 1. The highest BCUT2D eigenvalue weighted by molar-refractivity contribution is 7.99. The van der Waals surface area contributed by atoms with Crippen molar-refractivity contribution in [1.29, 1.82) is 0 Å². The van der Waals surface area contributed by atoms with E-state index in [1.54, 1.807) is 24.3 Å². The molecule has 0 amide bonds. The number of unbranched alkanes of at least 4 members (excludes halogenated alkanes) is 5. The monoisotopic (exact) mass is 435 g/mol. The van der Waals surface area contributed by atoms with Crippen molar-refractivity contribution in [2.24, 2.45) is 0 Å². The van der Waals surface area contributed by atoms with Gasteiger partial charge < -0.3 is 9.47 Å². The van der Waals surface area contributed by atoms with Crippen LogP contribution in [-0.4, -0.2) is 45.9 Å². The molecule has 6 nitrogen and oxygen atoms in total. The van der Waals surface area contributed by atoms with Gasteiger partial charge in [-0.2, -0.15) is 4.39 Å². The van der Waals surface area contributed by atoms with Crippen LogP contribution >= 0.6 is 11.8 Å². The fraction of sp³-hybridized carbons (Fsp3) is 0.632. The summed E-state index contributed by atoms with van der Waals surface area (Å²) in [5.74, 6) is -0.141. The van der Waals surface area contributed by atoms with E-state index in [1.165, 1.54) is 31.0 Å². The molecule has 1 aromatic carbocycles. The van der Waals surface area contributed by atoms with Crippen molar-refractivity contribution in [3.8, 4) is 5.75 Å². The molecule has 0 aliphatic heterocycles. The highest BCUT2D eigenvalue weighted by Crippen LogP contribution is 2.22. The van der Waals surface area contributed by atoms with Crippen molar-refractivity contribution in [3.63, 3.8) is 0 Å². The zero-order valence-electron chi connectivity index (χ0n) is 16.5. The predicted octanol–water partition coefficient (Wildman–Crippen LogP) is 3.91. The molecule has 1 aromatic rings. The van der Waals surface area contributed by atoms with Gasteiger partial charge in [0, 0.05) is 17.2 Å². The third-order valence-electron chi connectivity index (χ3n) is 3.91. The van der Waals surface area contributed by atoms with Gasteiger partial charge in [0.15, 0.2) is 0 Å². The molecule has 0 radical (unpaired) electrons. The van der Waals surface area contributed by atoms with E-state index in [2.05, 4.69) is 16.4 Å². The number of nitrogens with one attached hydrogen (secondary N) is 1. The summed E-state index contributed by atoms with van der Waals surface area (Å²) in [7, 11) is -2.15. The molecule has 1 rings (SSSR count). The Morgan fingerprint density at radius 3 is 2.43 bits per heavy atom. The Labute approximate surface area is 171 Å². The fourth-order valence-electron chi connectivity index (χ4n) is 2.39. The van der Waals surface area contributed by atoms with E-state index >= 15 is 0 Å². The number of halogens is 1. The van der Waals surface area contributed by atoms with E-state index in [0.29, 0.717) is 18.7 Å². The highest BCUT2D eigenvalue weighted by Gasteiger charge is 2.19. The molecule has 1 N–H and O–H groups in total. The average Bonchev–Trinajstić information content (AvgIpc) is 2.68. The van der Waals surface area contributed by atoms with Crippen molar-refractivity contribution in [3.05, 3.63) is 24.3 Å². The van der Waals surface area contributed by atoms with E-state index in [0.717, 1.165) is 24.8 Å². The Morgan fingerprint density at radius 1 is 1.14 bits per heavy atom. The first-order chi connectivity index (χ1) is 13.4. The van der Waals surface area contributed by atoms with Crippen LogP contribution in [0.4, 0.5) is 4.39 Å². The van der Waals surface area contributed by atoms with Gasteiger partial charge in [0.1, 0.15) is 5.75 Å². The topological polar surface area (TPSA) is 81.7 Å². The second kappa shape index (κ2) is 13.8. The smallest absolute Gasteiger partial charge is 0.380 e. The van der Waals surface area contributed by atoms with Crippen LogP contribution in [0.3, 0.4) is 0 Å². The number of hydrogen-bond donors (Lipinski definition) is 1. The number of sulfonamides is 1. The van der Waals surface area contributed by atoms with E-state index in [9.17, 15) is 17.6 Å². The number of ether oxygens (including phenoxy) is 2. The van der Waals surface area contributed by atoms with Crippen LogP contribution in [0.1, 0.15) is 45.4 Å². The molecule has 0 aromatic heterocycles. The summed E-state index contributed by atoms with van der Waals surface area (Å²) in [5.41, 5.74) is 0. The minimum absolute atomic E-state index is 0.167. The molecule has 1 unspecified atom stereocenters. The highest BCUT2D eigenvalue weighted by atomic mass is 32.2. The molecule has 160 valence electrons. The Balaban J connectivity index is 2.23. The van der Waals surface area contributed by atoms with Crippen molar-refractivity contribution in [1.82, 2.24) is 4.72 Å². The van der Waals surface area contributed by atoms with Crippen LogP contribution in [0.15, 0.2) is 29.2 Å². The van der Waals surface area contributed by atoms with Crippen molar-refractivity contribution < 1.29 is 27.1 Å². The Bertz CT molecular complexity index is 667. The number of thioether (sulfide) groups is 1. The van der Waals surface area contributed by atoms with Gasteiger partial charge in [-0.15, -0.1) is 11.8 Å². The summed E-state index contributed by atoms with van der Waals surface area (Å²) >= 11 is 1.47. The summed E-state index contributed by atoms with van der Waals surface area (Å²) in [5, 5.41) is 0. The summed E-state index contributed by atoms with van der Waals surface area (Å²) < 4.78 is 48.9. The molecule has 0 saturated heterocycles. The van der Waals surface area contributed by atoms with E-state index < -0.39 is 22.4 Å². The van der Waals surface area contributed by atoms with Gasteiger partial charge in [0.05, 0.1) is 12.9 Å². The van der Waals surface area contributed by atoms with Gasteiger partial charge in [-0.1, -0.05) is 39.0 Å². The second-order valence-electron chi connectivity index (χ2n) is 6.26. The zero-order valence-corrected chi connectivity index (χ0v) is 18.1. The van der Waals surface area contributed by atoms with Gasteiger partial charge in [-0.05, 0) is 30.7 Å². The number of esters is 1. The zero-order chi connectivity index (χ0) is 20.8. The molecule has 1 atom stereocenters. The van der Waals surface area contributed by atoms with Gasteiger partial charge >= 0.3 is 12.3 Å². The van der Waals surface area contributed by atoms with E-state index in [1.807, 2.05) is 0 Å². The largest absolute Gasteiger partial charge is 0.464 e. The molecule has 9 heteroatoms. The fourth-order valence-corrected chi connectivity index (χ4v) is 4.42. The third kappa shape index (κ3) is 10.9. The SMILES string of the molecule is CCCCCCCCS(=O)(=O)NCCSc1ccc(OC(F)C(=O)OC)cc1. The number of methoxy groups -OCH3 is 1. The lowest BCUT2D eigenvalue weighted by Gasteiger charge is -2.10. The molecule has 0 bridgehead atoms. The van der Waals surface area contributed by atoms with Gasteiger partial charge in [-0.3, -0.25) is 0 Å². The first-order valence-corrected chi connectivity index (χ1v) is 12.1. The molecular weight excluding hydrogens is 405 g/mol. The van der Waals surface area contributed by atoms with Crippen LogP contribution < -0.4 is 9.46 Å². The van der Waals surface area contributed by atoms with Crippen molar-refractivity contribution in [2.45, 2.75) is 56.7 Å². The summed E-state index contributed by atoms with van der Waals surface area (Å²) in [6.07, 6.45) is 4.10. The number of carbonyl (C=O) groups excluding carboxylic acids is 1. The lowest BCUT2D eigenvalue weighted by atomic mass is 10.1. The summed E-state index contributed by atoms with van der Waals surface area (Å²) in [4.78, 5) is 11.9. The van der Waals surface area contributed by atoms with Crippen LogP contribution in [0.2, 0.25) is 0 Å². The van der Waals surface area contributed by atoms with Crippen LogP contribution in [0.25, 0.3) is 0 Å². The quantitative estimate of drug-likeness (QED) is 0.256. The summed E-state index contributed by atoms with van der Waals surface area (Å²) in [6, 6.07) is 6.52. The van der Waals surface area contributed by atoms with E-state index in [4.69, 9.17) is 4.74 Å². The lowest BCUT2D eigenvalue weighted by Crippen LogP contribution is -2.28. The molecule has 0 aliphatic carbocycles. The predicted molar refractivity (Wildman–Crippen MR) is 110 cm³/mol. The first-order valence-electron chi connectivity index (χ1n) is 9.46. The van der Waals surface area contributed by atoms with Gasteiger partial charge in [0.25, 0.3) is 0 Å². The molecule has 0 saturated carbocycles. The maximum atomic E-state index is 13.3. The minimum Gasteiger partial charge on any atom is -0.464 e. The van der Waals surface area contributed by atoms with Crippen LogP contribution in [-0.2, 0) is 19.6 Å². The number of rotatable bonds is 15. The van der Waals surface area contributed by atoms with Gasteiger partial charge in [0.2, 0.25) is 10.0 Å². The van der Waals surface area contributed by atoms with Crippen LogP contribution in [0, 0.1) is 0 Å². The first kappa shape index (κ1) is 24.7. The van der Waals surface area contributed by atoms with Crippen LogP contribution in [0.5, 0.6) is 5.75 Å². The molecule has 0 fully saturated rings. The van der Waals surface area contributed by atoms with Crippen molar-refractivity contribution in [2.75, 3.05) is 25.2 Å². The maximum absolute atomic E-state index is 13.3. The lowest BCUT2D eigenvalue weighted by molar-refractivity contribution is -0.157. The Morgan fingerprint density at radius 2 is 1.79 bits per heavy atom. The maximum Gasteiger partial charge on any atom is 0.380 e. The van der Waals surface area contributed by atoms with Gasteiger partial charge in [-0.25, -0.2) is 17.9 Å². The van der Waals surface area contributed by atoms with E-state index in [-0.39, 0.29) is 11.5 Å². The molecule has 0 heterocycles. The minimum atomic E-state index is -3.23. The Hall–Kier alpha value is -1.32. The standard InChI is InChI=1S/C19H30FNO5S2/c1-3-4-5-6-7-8-15-28(23,24)21-13-14-27-17-11-9-16(10-12-17)26-18(20)19(22)25-2/h9-12,18,21H,3-8,13-15H2,1-2H3. The Kier molecular flexibility index (Phi) is 12.2. The average molecular weight is 436 g/mol. The molecule has 0 aliphatic rings. The third-order valence-corrected chi connectivity index (χ3v) is 6.39. The number of benzene rings is 1. The normalized spacial score (nSPS) is 12.5. The molecule has 28 heavy (non-hydrogen) atoms. The number of hydrogen-bond acceptors (Lipinski definition) is 6. The number of carbonyl (C=O) groups is 1.